The van der Waals surface area contributed by atoms with Crippen LogP contribution in [0.1, 0.15) is 37.8 Å². The number of nitrogens with one attached hydrogen (secondary N) is 2. The third-order valence-electron chi connectivity index (χ3n) is 7.11. The van der Waals surface area contributed by atoms with E-state index < -0.39 is 18.1 Å². The van der Waals surface area contributed by atoms with E-state index in [1.165, 1.54) is 0 Å². The van der Waals surface area contributed by atoms with Gasteiger partial charge in [0.1, 0.15) is 6.04 Å². The number of benzene rings is 2. The quantitative estimate of drug-likeness (QED) is 0.163. The summed E-state index contributed by atoms with van der Waals surface area (Å²) in [5, 5.41) is 16.3. The van der Waals surface area contributed by atoms with Crippen LogP contribution in [0.15, 0.2) is 60.7 Å². The van der Waals surface area contributed by atoms with Crippen molar-refractivity contribution in [2.45, 2.75) is 63.8 Å². The Bertz CT molecular complexity index is 967. The van der Waals surface area contributed by atoms with E-state index in [9.17, 15) is 14.7 Å². The van der Waals surface area contributed by atoms with Gasteiger partial charge in [0.05, 0.1) is 6.04 Å². The molecule has 2 aromatic carbocycles. The molecule has 0 unspecified atom stereocenters. The first-order valence-corrected chi connectivity index (χ1v) is 15.7. The summed E-state index contributed by atoms with van der Waals surface area (Å²) in [5.74, 6) is 0.298. The maximum absolute atomic E-state index is 13.9. The zero-order valence-electron chi connectivity index (χ0n) is 23.5. The van der Waals surface area contributed by atoms with Gasteiger partial charge in [-0.3, -0.25) is 9.69 Å². The van der Waals surface area contributed by atoms with E-state index in [0.29, 0.717) is 49.9 Å². The molecule has 0 fully saturated rings. The molecule has 5 N–H and O–H groups in total. The molecule has 0 aromatic heterocycles. The van der Waals surface area contributed by atoms with Crippen LogP contribution in [0, 0.1) is 5.92 Å². The van der Waals surface area contributed by atoms with Gasteiger partial charge in [-0.2, -0.15) is 24.4 Å². The monoisotopic (exact) mass is 574 g/mol. The highest BCUT2D eigenvalue weighted by molar-refractivity contribution is 7.98. The number of thiol groups is 1. The molecule has 39 heavy (non-hydrogen) atoms. The first-order chi connectivity index (χ1) is 18.8. The Labute approximate surface area is 244 Å². The van der Waals surface area contributed by atoms with Crippen molar-refractivity contribution in [2.75, 3.05) is 30.9 Å². The maximum Gasteiger partial charge on any atom is 0.326 e. The summed E-state index contributed by atoms with van der Waals surface area (Å²) in [5.41, 5.74) is 8.29. The standard InChI is InChI=1S/C30H46N4O3S2/c1-4-22(2)27(32-18-25(31)21-38)20-34(19-24-13-9-6-10-14-24)28(17-23-11-7-5-8-12-23)29(35)33-26(30(36)37)15-16-39-3/h5-14,22,25-28,32,38H,4,15-21,31H2,1-3H3,(H,33,35)(H,36,37)/t22-,25-,26+,27-,28+/m1/s1. The second kappa shape index (κ2) is 18.3. The number of carboxylic acids is 1. The molecular weight excluding hydrogens is 528 g/mol. The van der Waals surface area contributed by atoms with E-state index in [1.807, 2.05) is 54.8 Å². The molecular formula is C30H46N4O3S2. The molecule has 1 amide bonds. The van der Waals surface area contributed by atoms with Crippen molar-refractivity contribution in [3.05, 3.63) is 71.8 Å². The first kappa shape index (κ1) is 33.2. The van der Waals surface area contributed by atoms with Crippen LogP contribution in [0.3, 0.4) is 0 Å². The summed E-state index contributed by atoms with van der Waals surface area (Å²) in [6, 6.07) is 18.5. The van der Waals surface area contributed by atoms with Crippen LogP contribution in [-0.4, -0.2) is 76.9 Å². The summed E-state index contributed by atoms with van der Waals surface area (Å²) in [7, 11) is 0. The van der Waals surface area contributed by atoms with Gasteiger partial charge in [-0.15, -0.1) is 0 Å². The molecule has 0 saturated heterocycles. The number of rotatable bonds is 19. The minimum atomic E-state index is -1.01. The second-order valence-electron chi connectivity index (χ2n) is 10.1. The number of aliphatic carboxylic acids is 1. The first-order valence-electron chi connectivity index (χ1n) is 13.7. The van der Waals surface area contributed by atoms with Crippen LogP contribution in [-0.2, 0) is 22.6 Å². The molecule has 0 bridgehead atoms. The van der Waals surface area contributed by atoms with E-state index in [4.69, 9.17) is 5.73 Å². The van der Waals surface area contributed by atoms with Crippen molar-refractivity contribution in [1.82, 2.24) is 15.5 Å². The molecule has 0 spiro atoms. The fourth-order valence-electron chi connectivity index (χ4n) is 4.46. The molecule has 0 radical (unpaired) electrons. The molecule has 9 heteroatoms. The van der Waals surface area contributed by atoms with Crippen LogP contribution in [0.2, 0.25) is 0 Å². The highest BCUT2D eigenvalue weighted by Crippen LogP contribution is 2.18. The van der Waals surface area contributed by atoms with Crippen LogP contribution < -0.4 is 16.4 Å². The Balaban J connectivity index is 2.45. The van der Waals surface area contributed by atoms with E-state index >= 15 is 0 Å². The summed E-state index contributed by atoms with van der Waals surface area (Å²) >= 11 is 5.91. The highest BCUT2D eigenvalue weighted by atomic mass is 32.2. The van der Waals surface area contributed by atoms with E-state index in [1.54, 1.807) is 11.8 Å². The van der Waals surface area contributed by atoms with Gasteiger partial charge in [0.25, 0.3) is 0 Å². The Morgan fingerprint density at radius 1 is 1.08 bits per heavy atom. The maximum atomic E-state index is 13.9. The summed E-state index contributed by atoms with van der Waals surface area (Å²) < 4.78 is 0. The second-order valence-corrected chi connectivity index (χ2v) is 11.5. The van der Waals surface area contributed by atoms with Gasteiger partial charge in [0.15, 0.2) is 0 Å². The average Bonchev–Trinajstić information content (AvgIpc) is 2.95. The van der Waals surface area contributed by atoms with Crippen LogP contribution in [0.5, 0.6) is 0 Å². The predicted molar refractivity (Wildman–Crippen MR) is 166 cm³/mol. The molecule has 0 saturated carbocycles. The lowest BCUT2D eigenvalue weighted by molar-refractivity contribution is -0.142. The minimum absolute atomic E-state index is 0.0707. The van der Waals surface area contributed by atoms with Crippen LogP contribution in [0.4, 0.5) is 0 Å². The number of carboxylic acid groups (broad SMARTS) is 1. The normalized spacial score (nSPS) is 15.3. The SMILES string of the molecule is CC[C@@H](C)[C@@H](CN(Cc1ccccc1)[C@@H](Cc1ccccc1)C(=O)N[C@@H](CCSC)C(=O)O)NC[C@@H](N)CS. The van der Waals surface area contributed by atoms with Crippen LogP contribution in [0.25, 0.3) is 0 Å². The summed E-state index contributed by atoms with van der Waals surface area (Å²) in [6.45, 7) is 6.16. The number of hydrogen-bond acceptors (Lipinski definition) is 7. The van der Waals surface area contributed by atoms with Crippen molar-refractivity contribution in [2.24, 2.45) is 11.7 Å². The van der Waals surface area contributed by atoms with Crippen molar-refractivity contribution < 1.29 is 14.7 Å². The fraction of sp³-hybridized carbons (Fsp3) is 0.533. The summed E-state index contributed by atoms with van der Waals surface area (Å²) in [6.07, 6.45) is 3.75. The van der Waals surface area contributed by atoms with Gasteiger partial charge < -0.3 is 21.5 Å². The third-order valence-corrected chi connectivity index (χ3v) is 8.22. The molecule has 0 aliphatic rings. The van der Waals surface area contributed by atoms with Gasteiger partial charge in [-0.25, -0.2) is 4.79 Å². The zero-order valence-corrected chi connectivity index (χ0v) is 25.2. The number of hydrogen-bond donors (Lipinski definition) is 5. The fourth-order valence-corrected chi connectivity index (χ4v) is 5.06. The van der Waals surface area contributed by atoms with Gasteiger partial charge in [0.2, 0.25) is 5.91 Å². The topological polar surface area (TPSA) is 108 Å². The average molecular weight is 575 g/mol. The molecule has 5 atom stereocenters. The minimum Gasteiger partial charge on any atom is -0.480 e. The Hall–Kier alpha value is -2.04. The van der Waals surface area contributed by atoms with Gasteiger partial charge in [-0.05, 0) is 41.9 Å². The third kappa shape index (κ3) is 11.9. The number of amides is 1. The molecule has 216 valence electrons. The lowest BCUT2D eigenvalue weighted by Gasteiger charge is -2.37. The van der Waals surface area contributed by atoms with E-state index in [2.05, 4.69) is 54.1 Å². The number of carbonyl (C=O) groups excluding carboxylic acids is 1. The molecule has 7 nitrogen and oxygen atoms in total. The molecule has 2 rings (SSSR count). The van der Waals surface area contributed by atoms with Crippen molar-refractivity contribution in [3.8, 4) is 0 Å². The zero-order chi connectivity index (χ0) is 28.6. The lowest BCUT2D eigenvalue weighted by atomic mass is 9.95. The van der Waals surface area contributed by atoms with Gasteiger partial charge in [0, 0.05) is 37.5 Å². The molecule has 2 aromatic rings. The Morgan fingerprint density at radius 2 is 1.69 bits per heavy atom. The smallest absolute Gasteiger partial charge is 0.326 e. The van der Waals surface area contributed by atoms with Crippen molar-refractivity contribution in [3.63, 3.8) is 0 Å². The number of nitrogens with two attached hydrogens (primary N) is 1. The van der Waals surface area contributed by atoms with Gasteiger partial charge in [-0.1, -0.05) is 80.9 Å². The highest BCUT2D eigenvalue weighted by Gasteiger charge is 2.32. The van der Waals surface area contributed by atoms with E-state index in [-0.39, 0.29) is 18.0 Å². The van der Waals surface area contributed by atoms with Crippen molar-refractivity contribution >= 4 is 36.3 Å². The Kier molecular flexibility index (Phi) is 15.6. The van der Waals surface area contributed by atoms with Crippen molar-refractivity contribution in [1.29, 1.82) is 0 Å². The summed E-state index contributed by atoms with van der Waals surface area (Å²) in [4.78, 5) is 28.1. The number of thioether (sulfide) groups is 1. The molecule has 0 aliphatic heterocycles. The lowest BCUT2D eigenvalue weighted by Crippen LogP contribution is -2.56. The van der Waals surface area contributed by atoms with E-state index in [0.717, 1.165) is 17.5 Å². The van der Waals surface area contributed by atoms with Crippen LogP contribution >= 0.6 is 24.4 Å². The predicted octanol–water partition coefficient (Wildman–Crippen LogP) is 3.68. The Morgan fingerprint density at radius 3 is 2.23 bits per heavy atom. The molecule has 0 aliphatic carbocycles. The number of nitrogens with zero attached hydrogens (tertiary/aromatic N) is 1. The van der Waals surface area contributed by atoms with Gasteiger partial charge >= 0.3 is 5.97 Å². The number of carbonyl (C=O) groups is 2. The molecule has 0 heterocycles. The largest absolute Gasteiger partial charge is 0.480 e.